The maximum Gasteiger partial charge on any atom is 0.266 e. The monoisotopic (exact) mass is 406 g/mol. The Labute approximate surface area is 175 Å². The molecule has 9 nitrogen and oxygen atoms in total. The Hall–Kier alpha value is -3.07. The highest BCUT2D eigenvalue weighted by Gasteiger charge is 2.24. The van der Waals surface area contributed by atoms with E-state index in [9.17, 15) is 4.79 Å². The Morgan fingerprint density at radius 2 is 1.83 bits per heavy atom. The fourth-order valence-electron chi connectivity index (χ4n) is 3.96. The van der Waals surface area contributed by atoms with E-state index < -0.39 is 0 Å². The van der Waals surface area contributed by atoms with Crippen molar-refractivity contribution in [2.45, 2.75) is 31.7 Å². The third-order valence-corrected chi connectivity index (χ3v) is 6.05. The van der Waals surface area contributed by atoms with Gasteiger partial charge in [0.1, 0.15) is 11.6 Å². The van der Waals surface area contributed by atoms with E-state index in [4.69, 9.17) is 4.98 Å². The van der Waals surface area contributed by atoms with Crippen molar-refractivity contribution in [3.63, 3.8) is 0 Å². The summed E-state index contributed by atoms with van der Waals surface area (Å²) in [5.74, 6) is 3.24. The van der Waals surface area contributed by atoms with Crippen LogP contribution in [0.25, 0.3) is 5.82 Å². The third kappa shape index (κ3) is 3.97. The molecule has 0 unspecified atom stereocenters. The standard InChI is InChI=1S/C21H26N8O/c30-20-6-5-19(28-10-2-8-23-28)25-29(20)16-13-26-11-14-27(15-12-26)18-7-9-22-21(24-18)17-3-1-4-17/h2,5-10,17H,1,3-4,11-16H2. The molecule has 1 saturated carbocycles. The lowest BCUT2D eigenvalue weighted by Crippen LogP contribution is -2.48. The Morgan fingerprint density at radius 1 is 0.967 bits per heavy atom. The van der Waals surface area contributed by atoms with Crippen LogP contribution in [0.15, 0.2) is 47.7 Å². The van der Waals surface area contributed by atoms with Gasteiger partial charge in [-0.2, -0.15) is 5.10 Å². The molecular formula is C21H26N8O. The first-order chi connectivity index (χ1) is 14.8. The lowest BCUT2D eigenvalue weighted by molar-refractivity contribution is 0.242. The molecule has 1 saturated heterocycles. The summed E-state index contributed by atoms with van der Waals surface area (Å²) in [6, 6.07) is 7.10. The van der Waals surface area contributed by atoms with Crippen molar-refractivity contribution in [3.05, 3.63) is 59.0 Å². The van der Waals surface area contributed by atoms with Crippen LogP contribution in [-0.2, 0) is 6.54 Å². The van der Waals surface area contributed by atoms with Crippen LogP contribution in [0.4, 0.5) is 5.82 Å². The normalized spacial score (nSPS) is 17.8. The smallest absolute Gasteiger partial charge is 0.266 e. The number of nitrogens with zero attached hydrogens (tertiary/aromatic N) is 8. The third-order valence-electron chi connectivity index (χ3n) is 6.05. The number of hydrogen-bond acceptors (Lipinski definition) is 7. The van der Waals surface area contributed by atoms with Crippen molar-refractivity contribution < 1.29 is 0 Å². The molecule has 0 amide bonds. The summed E-state index contributed by atoms with van der Waals surface area (Å²) in [4.78, 5) is 26.2. The Bertz CT molecular complexity index is 1040. The Morgan fingerprint density at radius 3 is 2.57 bits per heavy atom. The van der Waals surface area contributed by atoms with Crippen LogP contribution in [0.5, 0.6) is 0 Å². The van der Waals surface area contributed by atoms with Gasteiger partial charge >= 0.3 is 0 Å². The van der Waals surface area contributed by atoms with E-state index in [0.29, 0.717) is 18.3 Å². The van der Waals surface area contributed by atoms with Crippen molar-refractivity contribution in [1.82, 2.24) is 34.4 Å². The molecule has 1 aliphatic carbocycles. The second-order valence-corrected chi connectivity index (χ2v) is 7.93. The molecule has 156 valence electrons. The molecule has 9 heteroatoms. The number of piperazine rings is 1. The SMILES string of the molecule is O=c1ccc(-n2cccn2)nn1CCN1CCN(c2ccnc(C3CCC3)n2)CC1. The zero-order valence-corrected chi connectivity index (χ0v) is 17.0. The van der Waals surface area contributed by atoms with E-state index in [2.05, 4.69) is 25.0 Å². The average molecular weight is 406 g/mol. The lowest BCUT2D eigenvalue weighted by Gasteiger charge is -2.35. The fourth-order valence-corrected chi connectivity index (χ4v) is 3.96. The van der Waals surface area contributed by atoms with Gasteiger partial charge in [-0.1, -0.05) is 6.42 Å². The number of hydrogen-bond donors (Lipinski definition) is 0. The highest BCUT2D eigenvalue weighted by atomic mass is 16.1. The van der Waals surface area contributed by atoms with Gasteiger partial charge in [-0.25, -0.2) is 19.3 Å². The molecule has 3 aromatic rings. The highest BCUT2D eigenvalue weighted by molar-refractivity contribution is 5.38. The second kappa shape index (κ2) is 8.35. The van der Waals surface area contributed by atoms with E-state index in [-0.39, 0.29) is 5.56 Å². The molecule has 2 fully saturated rings. The zero-order valence-electron chi connectivity index (χ0n) is 17.0. The predicted molar refractivity (Wildman–Crippen MR) is 113 cm³/mol. The maximum absolute atomic E-state index is 12.2. The fraction of sp³-hybridized carbons (Fsp3) is 0.476. The van der Waals surface area contributed by atoms with Crippen LogP contribution < -0.4 is 10.5 Å². The van der Waals surface area contributed by atoms with Crippen molar-refractivity contribution in [2.24, 2.45) is 0 Å². The van der Waals surface area contributed by atoms with E-state index in [1.165, 1.54) is 23.9 Å². The molecule has 0 radical (unpaired) electrons. The van der Waals surface area contributed by atoms with Gasteiger partial charge in [0.2, 0.25) is 0 Å². The molecule has 0 aromatic carbocycles. The van der Waals surface area contributed by atoms with Gasteiger partial charge < -0.3 is 4.90 Å². The minimum atomic E-state index is -0.0888. The molecule has 0 spiro atoms. The van der Waals surface area contributed by atoms with Crippen LogP contribution in [0.1, 0.15) is 31.0 Å². The molecular weight excluding hydrogens is 380 g/mol. The van der Waals surface area contributed by atoms with Crippen molar-refractivity contribution >= 4 is 5.82 Å². The quantitative estimate of drug-likeness (QED) is 0.610. The van der Waals surface area contributed by atoms with Crippen LogP contribution in [0, 0.1) is 0 Å². The molecule has 30 heavy (non-hydrogen) atoms. The minimum Gasteiger partial charge on any atom is -0.354 e. The van der Waals surface area contributed by atoms with Crippen LogP contribution in [-0.4, -0.2) is 67.2 Å². The molecule has 3 aromatic heterocycles. The van der Waals surface area contributed by atoms with Gasteiger partial charge in [-0.05, 0) is 31.0 Å². The Kier molecular flexibility index (Phi) is 5.27. The molecule has 1 aliphatic heterocycles. The Balaban J connectivity index is 1.17. The van der Waals surface area contributed by atoms with Crippen molar-refractivity contribution in [3.8, 4) is 5.82 Å². The summed E-state index contributed by atoms with van der Waals surface area (Å²) in [7, 11) is 0. The minimum absolute atomic E-state index is 0.0888. The molecule has 0 bridgehead atoms. The van der Waals surface area contributed by atoms with E-state index >= 15 is 0 Å². The molecule has 4 heterocycles. The molecule has 5 rings (SSSR count). The van der Waals surface area contributed by atoms with Crippen molar-refractivity contribution in [1.29, 1.82) is 0 Å². The van der Waals surface area contributed by atoms with E-state index in [1.807, 2.05) is 24.5 Å². The summed E-state index contributed by atoms with van der Waals surface area (Å²) in [6.07, 6.45) is 9.13. The van der Waals surface area contributed by atoms with Crippen LogP contribution in [0.3, 0.4) is 0 Å². The molecule has 0 N–H and O–H groups in total. The predicted octanol–water partition coefficient (Wildman–Crippen LogP) is 1.31. The summed E-state index contributed by atoms with van der Waals surface area (Å²) in [6.45, 7) is 5.09. The largest absolute Gasteiger partial charge is 0.354 e. The summed E-state index contributed by atoms with van der Waals surface area (Å²) in [5, 5.41) is 8.63. The number of rotatable bonds is 6. The maximum atomic E-state index is 12.2. The van der Waals surface area contributed by atoms with E-state index in [0.717, 1.165) is 44.4 Å². The summed E-state index contributed by atoms with van der Waals surface area (Å²) < 4.78 is 3.19. The van der Waals surface area contributed by atoms with Crippen LogP contribution in [0.2, 0.25) is 0 Å². The number of anilines is 1. The van der Waals surface area contributed by atoms with Crippen LogP contribution >= 0.6 is 0 Å². The summed E-state index contributed by atoms with van der Waals surface area (Å²) >= 11 is 0. The lowest BCUT2D eigenvalue weighted by atomic mass is 9.85. The summed E-state index contributed by atoms with van der Waals surface area (Å²) in [5.41, 5.74) is -0.0888. The van der Waals surface area contributed by atoms with Gasteiger partial charge in [-0.3, -0.25) is 9.69 Å². The first-order valence-corrected chi connectivity index (χ1v) is 10.6. The van der Waals surface area contributed by atoms with Crippen molar-refractivity contribution in [2.75, 3.05) is 37.6 Å². The van der Waals surface area contributed by atoms with Gasteiger partial charge in [0.15, 0.2) is 5.82 Å². The van der Waals surface area contributed by atoms with E-state index in [1.54, 1.807) is 23.0 Å². The molecule has 2 aliphatic rings. The van der Waals surface area contributed by atoms with Gasteiger partial charge in [0.25, 0.3) is 5.56 Å². The molecule has 0 atom stereocenters. The number of aromatic nitrogens is 6. The first kappa shape index (κ1) is 18.9. The van der Waals surface area contributed by atoms with Gasteiger partial charge in [0, 0.05) is 63.3 Å². The zero-order chi connectivity index (χ0) is 20.3. The van der Waals surface area contributed by atoms with Gasteiger partial charge in [-0.15, -0.1) is 5.10 Å². The highest BCUT2D eigenvalue weighted by Crippen LogP contribution is 2.34. The topological polar surface area (TPSA) is 85.0 Å². The average Bonchev–Trinajstić information content (AvgIpc) is 3.27. The second-order valence-electron chi connectivity index (χ2n) is 7.93. The first-order valence-electron chi connectivity index (χ1n) is 10.6. The van der Waals surface area contributed by atoms with Gasteiger partial charge in [0.05, 0.1) is 6.54 Å².